The molecule has 0 aliphatic carbocycles. The SMILES string of the molecule is COC(=O)CCc1csc(-c2cc(Cl)cc(Cl)c2)n1. The van der Waals surface area contributed by atoms with E-state index in [4.69, 9.17) is 23.2 Å². The maximum Gasteiger partial charge on any atom is 0.305 e. The summed E-state index contributed by atoms with van der Waals surface area (Å²) in [6, 6.07) is 5.31. The Balaban J connectivity index is 2.14. The lowest BCUT2D eigenvalue weighted by molar-refractivity contribution is -0.140. The third kappa shape index (κ3) is 3.93. The van der Waals surface area contributed by atoms with Crippen molar-refractivity contribution in [2.75, 3.05) is 7.11 Å². The van der Waals surface area contributed by atoms with Crippen LogP contribution in [0.1, 0.15) is 12.1 Å². The summed E-state index contributed by atoms with van der Waals surface area (Å²) in [6.45, 7) is 0. The summed E-state index contributed by atoms with van der Waals surface area (Å²) in [7, 11) is 1.38. The van der Waals surface area contributed by atoms with Crippen LogP contribution in [0.3, 0.4) is 0 Å². The number of carbonyl (C=O) groups excluding carboxylic acids is 1. The van der Waals surface area contributed by atoms with E-state index in [1.165, 1.54) is 18.4 Å². The molecule has 0 unspecified atom stereocenters. The highest BCUT2D eigenvalue weighted by Crippen LogP contribution is 2.29. The quantitative estimate of drug-likeness (QED) is 0.793. The van der Waals surface area contributed by atoms with Crippen LogP contribution in [0.5, 0.6) is 0 Å². The zero-order valence-corrected chi connectivity index (χ0v) is 12.5. The van der Waals surface area contributed by atoms with Crippen molar-refractivity contribution in [3.05, 3.63) is 39.3 Å². The van der Waals surface area contributed by atoms with Gasteiger partial charge < -0.3 is 4.74 Å². The number of hydrogen-bond acceptors (Lipinski definition) is 4. The Morgan fingerprint density at radius 1 is 1.32 bits per heavy atom. The van der Waals surface area contributed by atoms with E-state index in [1.54, 1.807) is 6.07 Å². The number of aromatic nitrogens is 1. The molecule has 0 aliphatic heterocycles. The Morgan fingerprint density at radius 3 is 2.63 bits per heavy atom. The van der Waals surface area contributed by atoms with Gasteiger partial charge in [-0.3, -0.25) is 4.79 Å². The first-order chi connectivity index (χ1) is 9.08. The number of ether oxygens (including phenoxy) is 1. The fourth-order valence-corrected chi connectivity index (χ4v) is 2.93. The highest BCUT2D eigenvalue weighted by atomic mass is 35.5. The van der Waals surface area contributed by atoms with Crippen LogP contribution in [-0.4, -0.2) is 18.1 Å². The van der Waals surface area contributed by atoms with Crippen LogP contribution in [0.2, 0.25) is 10.0 Å². The first-order valence-corrected chi connectivity index (χ1v) is 7.19. The molecule has 0 bridgehead atoms. The van der Waals surface area contributed by atoms with Crippen molar-refractivity contribution in [3.63, 3.8) is 0 Å². The Kier molecular flexibility index (Phi) is 4.80. The van der Waals surface area contributed by atoms with Crippen molar-refractivity contribution in [2.45, 2.75) is 12.8 Å². The molecule has 100 valence electrons. The van der Waals surface area contributed by atoms with Gasteiger partial charge >= 0.3 is 5.97 Å². The Hall–Kier alpha value is -1.10. The molecular weight excluding hydrogens is 305 g/mol. The summed E-state index contributed by atoms with van der Waals surface area (Å²) in [5.41, 5.74) is 1.74. The first kappa shape index (κ1) is 14.3. The Bertz CT molecular complexity index is 578. The number of thiazole rings is 1. The molecule has 0 spiro atoms. The predicted molar refractivity (Wildman–Crippen MR) is 77.9 cm³/mol. The molecule has 19 heavy (non-hydrogen) atoms. The van der Waals surface area contributed by atoms with E-state index in [-0.39, 0.29) is 5.97 Å². The smallest absolute Gasteiger partial charge is 0.305 e. The monoisotopic (exact) mass is 315 g/mol. The minimum atomic E-state index is -0.236. The van der Waals surface area contributed by atoms with Crippen molar-refractivity contribution in [2.24, 2.45) is 0 Å². The third-order valence-electron chi connectivity index (χ3n) is 2.47. The minimum absolute atomic E-state index is 0.236. The molecule has 2 aromatic rings. The lowest BCUT2D eigenvalue weighted by Gasteiger charge is -1.99. The molecule has 0 atom stereocenters. The molecule has 0 amide bonds. The standard InChI is InChI=1S/C13H11Cl2NO2S/c1-18-12(17)3-2-11-7-19-13(16-11)8-4-9(14)6-10(15)5-8/h4-7H,2-3H2,1H3. The second-order valence-corrected chi connectivity index (χ2v) is 5.61. The molecule has 0 aliphatic rings. The second kappa shape index (κ2) is 6.37. The summed E-state index contributed by atoms with van der Waals surface area (Å²) in [4.78, 5) is 15.5. The van der Waals surface area contributed by atoms with Gasteiger partial charge in [0, 0.05) is 27.4 Å². The number of aryl methyl sites for hydroxylation is 1. The van der Waals surface area contributed by atoms with Gasteiger partial charge in [0.2, 0.25) is 0 Å². The number of carbonyl (C=O) groups is 1. The lowest BCUT2D eigenvalue weighted by Crippen LogP contribution is -2.01. The van der Waals surface area contributed by atoms with Gasteiger partial charge in [-0.15, -0.1) is 11.3 Å². The van der Waals surface area contributed by atoms with Gasteiger partial charge in [-0.05, 0) is 18.2 Å². The van der Waals surface area contributed by atoms with Crippen LogP contribution in [0.4, 0.5) is 0 Å². The summed E-state index contributed by atoms with van der Waals surface area (Å²) >= 11 is 13.4. The van der Waals surface area contributed by atoms with E-state index in [1.807, 2.05) is 17.5 Å². The topological polar surface area (TPSA) is 39.2 Å². The minimum Gasteiger partial charge on any atom is -0.469 e. The highest BCUT2D eigenvalue weighted by Gasteiger charge is 2.08. The van der Waals surface area contributed by atoms with E-state index in [9.17, 15) is 4.79 Å². The molecule has 1 heterocycles. The van der Waals surface area contributed by atoms with Gasteiger partial charge in [-0.25, -0.2) is 4.98 Å². The number of halogens is 2. The van der Waals surface area contributed by atoms with E-state index in [2.05, 4.69) is 9.72 Å². The summed E-state index contributed by atoms with van der Waals surface area (Å²) in [5, 5.41) is 3.92. The second-order valence-electron chi connectivity index (χ2n) is 3.88. The first-order valence-electron chi connectivity index (χ1n) is 5.56. The van der Waals surface area contributed by atoms with E-state index in [0.29, 0.717) is 22.9 Å². The normalized spacial score (nSPS) is 10.5. The molecule has 2 rings (SSSR count). The zero-order chi connectivity index (χ0) is 13.8. The zero-order valence-electron chi connectivity index (χ0n) is 10.2. The fourth-order valence-electron chi connectivity index (χ4n) is 1.56. The number of hydrogen-bond donors (Lipinski definition) is 0. The summed E-state index contributed by atoms with van der Waals surface area (Å²) in [6.07, 6.45) is 0.896. The van der Waals surface area contributed by atoms with Crippen LogP contribution in [0.15, 0.2) is 23.6 Å². The molecule has 1 aromatic heterocycles. The molecular formula is C13H11Cl2NO2S. The van der Waals surface area contributed by atoms with Crippen molar-refractivity contribution in [1.29, 1.82) is 0 Å². The van der Waals surface area contributed by atoms with Crippen molar-refractivity contribution < 1.29 is 9.53 Å². The summed E-state index contributed by atoms with van der Waals surface area (Å²) < 4.78 is 4.60. The molecule has 0 N–H and O–H groups in total. The van der Waals surface area contributed by atoms with Crippen LogP contribution in [0.25, 0.3) is 10.6 Å². The predicted octanol–water partition coefficient (Wildman–Crippen LogP) is 4.22. The fraction of sp³-hybridized carbons (Fsp3) is 0.231. The Labute approximate surface area is 125 Å². The van der Waals surface area contributed by atoms with Crippen LogP contribution < -0.4 is 0 Å². The van der Waals surface area contributed by atoms with Gasteiger partial charge in [0.15, 0.2) is 0 Å². The molecule has 3 nitrogen and oxygen atoms in total. The number of methoxy groups -OCH3 is 1. The Morgan fingerprint density at radius 2 is 2.00 bits per heavy atom. The van der Waals surface area contributed by atoms with Gasteiger partial charge in [0.1, 0.15) is 5.01 Å². The molecule has 1 aromatic carbocycles. The average Bonchev–Trinajstić information content (AvgIpc) is 2.83. The summed E-state index contributed by atoms with van der Waals surface area (Å²) in [5.74, 6) is -0.236. The van der Waals surface area contributed by atoms with E-state index >= 15 is 0 Å². The number of esters is 1. The maximum absolute atomic E-state index is 11.1. The third-order valence-corrected chi connectivity index (χ3v) is 3.85. The molecule has 0 saturated carbocycles. The largest absolute Gasteiger partial charge is 0.469 e. The van der Waals surface area contributed by atoms with Crippen molar-refractivity contribution in [1.82, 2.24) is 4.98 Å². The molecule has 0 radical (unpaired) electrons. The van der Waals surface area contributed by atoms with E-state index < -0.39 is 0 Å². The number of benzene rings is 1. The van der Waals surface area contributed by atoms with Gasteiger partial charge in [-0.1, -0.05) is 23.2 Å². The van der Waals surface area contributed by atoms with E-state index in [0.717, 1.165) is 16.3 Å². The van der Waals surface area contributed by atoms with Gasteiger partial charge in [0.05, 0.1) is 19.2 Å². The highest BCUT2D eigenvalue weighted by molar-refractivity contribution is 7.13. The number of nitrogens with zero attached hydrogens (tertiary/aromatic N) is 1. The van der Waals surface area contributed by atoms with Gasteiger partial charge in [0.25, 0.3) is 0 Å². The molecule has 0 saturated heterocycles. The van der Waals surface area contributed by atoms with Crippen LogP contribution >= 0.6 is 34.5 Å². The number of rotatable bonds is 4. The molecule has 6 heteroatoms. The molecule has 0 fully saturated rings. The average molecular weight is 316 g/mol. The van der Waals surface area contributed by atoms with Crippen molar-refractivity contribution in [3.8, 4) is 10.6 Å². The van der Waals surface area contributed by atoms with Gasteiger partial charge in [-0.2, -0.15) is 0 Å². The maximum atomic E-state index is 11.1. The lowest BCUT2D eigenvalue weighted by atomic mass is 10.2. The van der Waals surface area contributed by atoms with Crippen LogP contribution in [-0.2, 0) is 16.0 Å². The van der Waals surface area contributed by atoms with Crippen molar-refractivity contribution >= 4 is 40.5 Å². The van der Waals surface area contributed by atoms with Crippen LogP contribution in [0, 0.1) is 0 Å².